The van der Waals surface area contributed by atoms with Crippen LogP contribution in [0.1, 0.15) is 31.8 Å². The number of carbonyl (C=O) groups is 3. The van der Waals surface area contributed by atoms with Crippen LogP contribution in [0.25, 0.3) is 0 Å². The van der Waals surface area contributed by atoms with Crippen molar-refractivity contribution in [3.8, 4) is 5.75 Å². The second-order valence-electron chi connectivity index (χ2n) is 5.91. The average Bonchev–Trinajstić information content (AvgIpc) is 2.66. The lowest BCUT2D eigenvalue weighted by Gasteiger charge is -2.08. The summed E-state index contributed by atoms with van der Waals surface area (Å²) in [4.78, 5) is 35.7. The molecule has 0 spiro atoms. The molecular weight excluding hydrogens is 353 g/mol. The van der Waals surface area contributed by atoms with E-state index in [9.17, 15) is 18.8 Å². The number of hydrogen-bond donors (Lipinski definition) is 1. The summed E-state index contributed by atoms with van der Waals surface area (Å²) < 4.78 is 23.2. The molecule has 0 unspecified atom stereocenters. The second-order valence-corrected chi connectivity index (χ2v) is 5.91. The fourth-order valence-corrected chi connectivity index (χ4v) is 2.26. The van der Waals surface area contributed by atoms with Crippen LogP contribution in [0.2, 0.25) is 0 Å². The summed E-state index contributed by atoms with van der Waals surface area (Å²) >= 11 is 0. The van der Waals surface area contributed by atoms with Crippen molar-refractivity contribution in [3.05, 3.63) is 64.5 Å². The first-order valence-corrected chi connectivity index (χ1v) is 8.19. The standard InChI is InChI=1S/C20H20FNO5/c1-12-4-5-15(8-13(12)2)20(25)22-10-19(24)27-11-17(23)14-6-7-18(26-3)16(21)9-14/h4-9H,10-11H2,1-3H3,(H,22,25). The predicted octanol–water partition coefficient (Wildman–Crippen LogP) is 2.61. The lowest BCUT2D eigenvalue weighted by atomic mass is 10.1. The van der Waals surface area contributed by atoms with Gasteiger partial charge in [0.1, 0.15) is 6.54 Å². The Kier molecular flexibility index (Phi) is 6.65. The average molecular weight is 373 g/mol. The van der Waals surface area contributed by atoms with Gasteiger partial charge in [0.2, 0.25) is 0 Å². The fourth-order valence-electron chi connectivity index (χ4n) is 2.26. The molecule has 0 aromatic heterocycles. The van der Waals surface area contributed by atoms with Crippen molar-refractivity contribution < 1.29 is 28.2 Å². The van der Waals surface area contributed by atoms with E-state index in [0.29, 0.717) is 5.56 Å². The molecule has 0 fully saturated rings. The van der Waals surface area contributed by atoms with E-state index < -0.39 is 30.1 Å². The van der Waals surface area contributed by atoms with Crippen molar-refractivity contribution in [2.45, 2.75) is 13.8 Å². The summed E-state index contributed by atoms with van der Waals surface area (Å²) in [7, 11) is 1.31. The van der Waals surface area contributed by atoms with Gasteiger partial charge in [0.25, 0.3) is 5.91 Å². The second kappa shape index (κ2) is 8.93. The summed E-state index contributed by atoms with van der Waals surface area (Å²) in [5.41, 5.74) is 2.50. The van der Waals surface area contributed by atoms with Crippen LogP contribution in [0, 0.1) is 19.7 Å². The number of methoxy groups -OCH3 is 1. The Labute approximate surface area is 156 Å². The molecule has 0 saturated carbocycles. The van der Waals surface area contributed by atoms with Gasteiger partial charge < -0.3 is 14.8 Å². The van der Waals surface area contributed by atoms with Gasteiger partial charge in [-0.05, 0) is 55.3 Å². The van der Waals surface area contributed by atoms with E-state index in [-0.39, 0.29) is 17.9 Å². The molecular formula is C20H20FNO5. The maximum absolute atomic E-state index is 13.6. The lowest BCUT2D eigenvalue weighted by molar-refractivity contribution is -0.141. The quantitative estimate of drug-likeness (QED) is 0.596. The summed E-state index contributed by atoms with van der Waals surface area (Å²) in [6.07, 6.45) is 0. The van der Waals surface area contributed by atoms with E-state index in [1.54, 1.807) is 12.1 Å². The number of ketones is 1. The molecule has 0 atom stereocenters. The molecule has 142 valence electrons. The third kappa shape index (κ3) is 5.37. The third-order valence-corrected chi connectivity index (χ3v) is 4.00. The van der Waals surface area contributed by atoms with E-state index in [1.807, 2.05) is 19.9 Å². The Morgan fingerprint density at radius 2 is 1.70 bits per heavy atom. The SMILES string of the molecule is COc1ccc(C(=O)COC(=O)CNC(=O)c2ccc(C)c(C)c2)cc1F. The minimum atomic E-state index is -0.769. The van der Waals surface area contributed by atoms with Crippen molar-refractivity contribution in [2.75, 3.05) is 20.3 Å². The normalized spacial score (nSPS) is 10.2. The molecule has 0 heterocycles. The molecule has 0 aliphatic carbocycles. The van der Waals surface area contributed by atoms with Gasteiger partial charge in [-0.3, -0.25) is 14.4 Å². The molecule has 0 radical (unpaired) electrons. The lowest BCUT2D eigenvalue weighted by Crippen LogP contribution is -2.31. The summed E-state index contributed by atoms with van der Waals surface area (Å²) in [6, 6.07) is 8.89. The number of halogens is 1. The van der Waals surface area contributed by atoms with Crippen LogP contribution >= 0.6 is 0 Å². The van der Waals surface area contributed by atoms with E-state index in [2.05, 4.69) is 5.32 Å². The third-order valence-electron chi connectivity index (χ3n) is 4.00. The number of Topliss-reactive ketones (excluding diaryl/α,β-unsaturated/α-hetero) is 1. The molecule has 0 aliphatic heterocycles. The number of nitrogens with one attached hydrogen (secondary N) is 1. The first-order valence-electron chi connectivity index (χ1n) is 8.19. The van der Waals surface area contributed by atoms with E-state index in [4.69, 9.17) is 9.47 Å². The topological polar surface area (TPSA) is 81.7 Å². The van der Waals surface area contributed by atoms with Crippen LogP contribution in [0.3, 0.4) is 0 Å². The van der Waals surface area contributed by atoms with Gasteiger partial charge in [0.05, 0.1) is 7.11 Å². The molecule has 7 heteroatoms. The zero-order valence-corrected chi connectivity index (χ0v) is 15.3. The number of carbonyl (C=O) groups excluding carboxylic acids is 3. The highest BCUT2D eigenvalue weighted by atomic mass is 19.1. The Hall–Kier alpha value is -3.22. The Balaban J connectivity index is 1.83. The van der Waals surface area contributed by atoms with Gasteiger partial charge in [0.15, 0.2) is 24.0 Å². The zero-order valence-electron chi connectivity index (χ0n) is 15.3. The van der Waals surface area contributed by atoms with Crippen LogP contribution in [0.5, 0.6) is 5.75 Å². The number of esters is 1. The molecule has 1 amide bonds. The monoisotopic (exact) mass is 373 g/mol. The summed E-state index contributed by atoms with van der Waals surface area (Å²) in [6.45, 7) is 2.88. The highest BCUT2D eigenvalue weighted by Gasteiger charge is 2.14. The number of hydrogen-bond acceptors (Lipinski definition) is 5. The largest absolute Gasteiger partial charge is 0.494 e. The minimum Gasteiger partial charge on any atom is -0.494 e. The number of amides is 1. The minimum absolute atomic E-state index is 0.0117. The summed E-state index contributed by atoms with van der Waals surface area (Å²) in [5.74, 6) is -2.42. The maximum atomic E-state index is 13.6. The number of rotatable bonds is 7. The van der Waals surface area contributed by atoms with Crippen molar-refractivity contribution in [3.63, 3.8) is 0 Å². The van der Waals surface area contributed by atoms with Crippen molar-refractivity contribution in [2.24, 2.45) is 0 Å². The van der Waals surface area contributed by atoms with Crippen LogP contribution in [-0.4, -0.2) is 37.9 Å². The highest BCUT2D eigenvalue weighted by Crippen LogP contribution is 2.18. The zero-order chi connectivity index (χ0) is 20.0. The number of ether oxygens (including phenoxy) is 2. The smallest absolute Gasteiger partial charge is 0.325 e. The molecule has 0 aliphatic rings. The Morgan fingerprint density at radius 3 is 2.33 bits per heavy atom. The number of aryl methyl sites for hydroxylation is 2. The van der Waals surface area contributed by atoms with Crippen molar-refractivity contribution in [1.29, 1.82) is 0 Å². The van der Waals surface area contributed by atoms with Crippen LogP contribution in [0.15, 0.2) is 36.4 Å². The van der Waals surface area contributed by atoms with Crippen molar-refractivity contribution in [1.82, 2.24) is 5.32 Å². The fraction of sp³-hybridized carbons (Fsp3) is 0.250. The van der Waals surface area contributed by atoms with E-state index >= 15 is 0 Å². The van der Waals surface area contributed by atoms with Crippen LogP contribution in [-0.2, 0) is 9.53 Å². The van der Waals surface area contributed by atoms with E-state index in [1.165, 1.54) is 19.2 Å². The molecule has 2 aromatic rings. The Morgan fingerprint density at radius 1 is 1.00 bits per heavy atom. The van der Waals surface area contributed by atoms with Crippen molar-refractivity contribution >= 4 is 17.7 Å². The summed E-state index contributed by atoms with van der Waals surface area (Å²) in [5, 5.41) is 2.43. The first kappa shape index (κ1) is 20.1. The van der Waals surface area contributed by atoms with Gasteiger partial charge in [-0.1, -0.05) is 6.07 Å². The number of benzene rings is 2. The predicted molar refractivity (Wildman–Crippen MR) is 96.5 cm³/mol. The van der Waals surface area contributed by atoms with E-state index in [0.717, 1.165) is 17.2 Å². The molecule has 0 bridgehead atoms. The van der Waals surface area contributed by atoms with Gasteiger partial charge in [-0.2, -0.15) is 0 Å². The molecule has 2 rings (SSSR count). The highest BCUT2D eigenvalue weighted by molar-refractivity contribution is 5.99. The molecule has 0 saturated heterocycles. The molecule has 2 aromatic carbocycles. The van der Waals surface area contributed by atoms with Gasteiger partial charge in [-0.25, -0.2) is 4.39 Å². The molecule has 1 N–H and O–H groups in total. The van der Waals surface area contributed by atoms with Crippen LogP contribution < -0.4 is 10.1 Å². The maximum Gasteiger partial charge on any atom is 0.325 e. The molecule has 6 nitrogen and oxygen atoms in total. The Bertz CT molecular complexity index is 879. The van der Waals surface area contributed by atoms with Gasteiger partial charge in [-0.15, -0.1) is 0 Å². The van der Waals surface area contributed by atoms with Gasteiger partial charge in [0, 0.05) is 11.1 Å². The van der Waals surface area contributed by atoms with Gasteiger partial charge >= 0.3 is 5.97 Å². The van der Waals surface area contributed by atoms with Crippen LogP contribution in [0.4, 0.5) is 4.39 Å². The first-order chi connectivity index (χ1) is 12.8. The molecule has 27 heavy (non-hydrogen) atoms.